The number of fused-ring (bicyclic) bond motifs is 4. The Morgan fingerprint density at radius 1 is 0.467 bits per heavy atom. The van der Waals surface area contributed by atoms with E-state index in [2.05, 4.69) is 198 Å². The Morgan fingerprint density at radius 2 is 0.820 bits per heavy atom. The lowest BCUT2D eigenvalue weighted by molar-refractivity contribution is 0.0523. The molecular formula is C88H98BBr3F4N18O8. The van der Waals surface area contributed by atoms with Crippen molar-refractivity contribution >= 4 is 107 Å². The number of nitrogens with one attached hydrogen (secondary N) is 2. The van der Waals surface area contributed by atoms with Gasteiger partial charge in [-0.25, -0.2) is 65.1 Å². The second-order valence-electron chi connectivity index (χ2n) is 30.0. The Hall–Kier alpha value is -10.6. The second kappa shape index (κ2) is 45.0. The van der Waals surface area contributed by atoms with Crippen molar-refractivity contribution in [2.75, 3.05) is 65.5 Å². The van der Waals surface area contributed by atoms with Gasteiger partial charge in [0.15, 0.2) is 22.6 Å². The number of rotatable bonds is 21. The number of halogens is 7. The summed E-state index contributed by atoms with van der Waals surface area (Å²) in [6.07, 6.45) is 16.5. The highest BCUT2D eigenvalue weighted by atomic mass is 79.9. The molecule has 26 nitrogen and oxygen atoms in total. The van der Waals surface area contributed by atoms with Gasteiger partial charge in [0.05, 0.1) is 57.3 Å². The minimum atomic E-state index is -1.89. The minimum Gasteiger partial charge on any atom is -0.478 e. The van der Waals surface area contributed by atoms with Crippen LogP contribution >= 0.6 is 47.8 Å². The van der Waals surface area contributed by atoms with Crippen LogP contribution < -0.4 is 21.8 Å². The van der Waals surface area contributed by atoms with Crippen LogP contribution in [-0.4, -0.2) is 185 Å². The highest BCUT2D eigenvalue weighted by Crippen LogP contribution is 2.28. The van der Waals surface area contributed by atoms with E-state index in [0.29, 0.717) is 108 Å². The third-order valence-corrected chi connectivity index (χ3v) is 22.8. The topological polar surface area (TPSA) is 319 Å². The van der Waals surface area contributed by atoms with Gasteiger partial charge in [0, 0.05) is 105 Å². The molecule has 0 spiro atoms. The van der Waals surface area contributed by atoms with Crippen LogP contribution in [0.15, 0.2) is 190 Å². The summed E-state index contributed by atoms with van der Waals surface area (Å²) < 4.78 is 65.5. The van der Waals surface area contributed by atoms with Crippen molar-refractivity contribution in [3.8, 4) is 11.3 Å². The molecule has 0 bridgehead atoms. The average molecular weight is 1860 g/mol. The highest BCUT2D eigenvalue weighted by Gasteiger charge is 2.26. The number of aromatic carboxylic acids is 1. The third-order valence-electron chi connectivity index (χ3n) is 21.6. The Balaban J connectivity index is 0.000000150. The normalized spacial score (nSPS) is 14.1. The highest BCUT2D eigenvalue weighted by molar-refractivity contribution is 9.11. The number of likely N-dealkylation sites (tertiary alicyclic amines) is 3. The number of nitrogens with two attached hydrogens (primary N) is 1. The largest absolute Gasteiger partial charge is 0.491 e. The standard InChI is InChI=1S/C28H29F2N5O.C22H26BrN5O.C14H22N2.C10H10BrN3O2.C8H6BrN3O2.C6H5BF2O2/c1-19-24(17-32-27-16-26(33-35(19)27)23-8-7-22(29)15-25(23)30)28(36)31-12-9-20-10-13-34(14-11-20)18-21-5-3-2-4-6-21;1-16-19(14-25-21-13-20(23)26-28(16)21)22(29)24-10-7-17-8-11-27(12-9-17)15-18-5-3-2-4-6-18;15-9-6-13-7-10-16(11-8-13)12-14-4-2-1-3-5-14;1-3-16-10(15)7-5-12-9-4-8(11)13-14(9)6(7)2;1-4-5(8(13)14)3-10-7-2-6(9)11-12(4)7;8-4-1-2-5(7(10)11)6(9)3-4/h2-8,15-17,20H,9-14,18H2,1H3,(H,31,36);2-6,13-14,17H,7-12,15H2,1H3,(H,24,29);1-5,13H,6-12,15H2;4-5H,3H2,1-2H3;2-3H,1H3,(H,13,14);1-3,10-11H. The minimum absolute atomic E-state index is 0.0787. The molecule has 640 valence electrons. The van der Waals surface area contributed by atoms with Crippen molar-refractivity contribution in [3.05, 3.63) is 275 Å². The molecule has 3 aliphatic heterocycles. The van der Waals surface area contributed by atoms with E-state index >= 15 is 0 Å². The van der Waals surface area contributed by atoms with E-state index < -0.39 is 36.4 Å². The zero-order chi connectivity index (χ0) is 86.9. The van der Waals surface area contributed by atoms with Crippen molar-refractivity contribution < 1.29 is 56.6 Å². The third kappa shape index (κ3) is 25.8. The van der Waals surface area contributed by atoms with E-state index in [0.717, 1.165) is 113 Å². The number of esters is 1. The summed E-state index contributed by atoms with van der Waals surface area (Å²) in [4.78, 5) is 72.2. The Bertz CT molecular complexity index is 5660. The van der Waals surface area contributed by atoms with Crippen LogP contribution in [0.2, 0.25) is 0 Å². The molecule has 11 heterocycles. The summed E-state index contributed by atoms with van der Waals surface area (Å²) in [5.41, 5.74) is 16.8. The van der Waals surface area contributed by atoms with E-state index in [1.807, 2.05) is 19.1 Å². The van der Waals surface area contributed by atoms with Crippen molar-refractivity contribution in [2.45, 2.75) is 112 Å². The fourth-order valence-corrected chi connectivity index (χ4v) is 15.8. The molecule has 8 aromatic heterocycles. The summed E-state index contributed by atoms with van der Waals surface area (Å²) in [5.74, 6) is -2.55. The number of benzene rings is 5. The van der Waals surface area contributed by atoms with Crippen molar-refractivity contribution in [2.24, 2.45) is 23.5 Å². The van der Waals surface area contributed by atoms with E-state index in [1.54, 1.807) is 61.1 Å². The van der Waals surface area contributed by atoms with E-state index in [9.17, 15) is 36.7 Å². The number of carboxylic acid groups (broad SMARTS) is 1. The fraction of sp³-hybridized carbons (Fsp3) is 0.341. The molecule has 0 aliphatic carbocycles. The molecule has 0 saturated carbocycles. The number of carboxylic acids is 1. The summed E-state index contributed by atoms with van der Waals surface area (Å²) >= 11 is 9.82. The number of aryl methyl sites for hydroxylation is 4. The van der Waals surface area contributed by atoms with Gasteiger partial charge in [0.2, 0.25) is 0 Å². The van der Waals surface area contributed by atoms with Crippen LogP contribution in [0.1, 0.15) is 146 Å². The first-order chi connectivity index (χ1) is 58.8. The van der Waals surface area contributed by atoms with Crippen LogP contribution in [0.5, 0.6) is 0 Å². The smallest absolute Gasteiger partial charge is 0.478 e. The number of aromatic nitrogens is 12. The molecule has 34 heteroatoms. The quantitative estimate of drug-likeness (QED) is 0.0221. The number of ether oxygens (including phenoxy) is 1. The molecule has 0 unspecified atom stereocenters. The van der Waals surface area contributed by atoms with Gasteiger partial charge >= 0.3 is 19.1 Å². The lowest BCUT2D eigenvalue weighted by Crippen LogP contribution is -2.35. The van der Waals surface area contributed by atoms with Crippen LogP contribution in [0.3, 0.4) is 0 Å². The van der Waals surface area contributed by atoms with Gasteiger partial charge < -0.3 is 36.3 Å². The van der Waals surface area contributed by atoms with Crippen molar-refractivity contribution in [1.82, 2.24) is 83.7 Å². The first-order valence-electron chi connectivity index (χ1n) is 40.4. The molecular weight excluding hydrogens is 1760 g/mol. The van der Waals surface area contributed by atoms with Crippen LogP contribution in [0.25, 0.3) is 33.8 Å². The molecule has 7 N–H and O–H groups in total. The maximum atomic E-state index is 14.2. The molecule has 16 rings (SSSR count). The lowest BCUT2D eigenvalue weighted by Gasteiger charge is -2.32. The molecule has 0 atom stereocenters. The second-order valence-corrected chi connectivity index (χ2v) is 32.4. The van der Waals surface area contributed by atoms with Gasteiger partial charge in [-0.05, 0) is 239 Å². The fourth-order valence-electron chi connectivity index (χ4n) is 14.7. The van der Waals surface area contributed by atoms with Crippen molar-refractivity contribution in [1.29, 1.82) is 0 Å². The number of hydrogen-bond acceptors (Lipinski definition) is 19. The number of nitrogens with zero attached hydrogens (tertiary/aromatic N) is 15. The SMILES string of the molecule is CCOC(=O)c1cnc2cc(Br)nn2c1C.Cc1c(C(=O)NCCC2CCN(Cc3ccccc3)CC2)cnc2cc(-c3ccc(F)cc3F)nn12.Cc1c(C(=O)NCCC2CCN(Cc3ccccc3)CC2)cnc2cc(Br)nn12.Cc1c(C(=O)O)cnc2cc(Br)nn12.NCCC1CCN(Cc2ccccc2)CC1.OB(O)c1ccc(F)cc1F. The molecule has 3 fully saturated rings. The maximum Gasteiger partial charge on any atom is 0.491 e. The van der Waals surface area contributed by atoms with Gasteiger partial charge in [0.1, 0.15) is 37.1 Å². The van der Waals surface area contributed by atoms with E-state index in [4.69, 9.17) is 25.6 Å². The predicted molar refractivity (Wildman–Crippen MR) is 469 cm³/mol. The summed E-state index contributed by atoms with van der Waals surface area (Å²) in [7, 11) is -1.89. The molecule has 2 amide bonds. The first-order valence-corrected chi connectivity index (χ1v) is 42.8. The number of carbonyl (C=O) groups excluding carboxylic acids is 3. The lowest BCUT2D eigenvalue weighted by atomic mass is 9.80. The number of amides is 2. The Labute approximate surface area is 729 Å². The van der Waals surface area contributed by atoms with Gasteiger partial charge in [0.25, 0.3) is 11.8 Å². The summed E-state index contributed by atoms with van der Waals surface area (Å²) in [5, 5.41) is 48.9. The van der Waals surface area contributed by atoms with E-state index in [-0.39, 0.29) is 34.4 Å². The molecule has 3 aliphatic rings. The molecule has 0 radical (unpaired) electrons. The molecule has 3 saturated heterocycles. The first kappa shape index (κ1) is 92.2. The Morgan fingerprint density at radius 3 is 1.20 bits per heavy atom. The molecule has 5 aromatic carbocycles. The van der Waals surface area contributed by atoms with Gasteiger partial charge in [-0.15, -0.1) is 0 Å². The van der Waals surface area contributed by atoms with Crippen LogP contribution in [0, 0.1) is 68.7 Å². The van der Waals surface area contributed by atoms with E-state index in [1.165, 1.54) is 102 Å². The zero-order valence-corrected chi connectivity index (χ0v) is 73.2. The number of hydrogen-bond donors (Lipinski definition) is 6. The number of piperidine rings is 3. The average Bonchev–Trinajstić information content (AvgIpc) is 1.66. The number of carbonyl (C=O) groups is 4. The van der Waals surface area contributed by atoms with Crippen LogP contribution in [-0.2, 0) is 24.4 Å². The van der Waals surface area contributed by atoms with Crippen LogP contribution in [0.4, 0.5) is 17.6 Å². The monoisotopic (exact) mass is 1860 g/mol. The summed E-state index contributed by atoms with van der Waals surface area (Å²) in [6.45, 7) is 21.4. The Kier molecular flexibility index (Phi) is 34.0. The zero-order valence-electron chi connectivity index (χ0n) is 68.4. The molecule has 13 aromatic rings. The van der Waals surface area contributed by atoms with Gasteiger partial charge in [-0.1, -0.05) is 97.1 Å². The summed E-state index contributed by atoms with van der Waals surface area (Å²) in [6, 6.07) is 44.8. The molecule has 122 heavy (non-hydrogen) atoms. The predicted octanol–water partition coefficient (Wildman–Crippen LogP) is 14.2. The van der Waals surface area contributed by atoms with Gasteiger partial charge in [-0.2, -0.15) is 20.4 Å². The van der Waals surface area contributed by atoms with Gasteiger partial charge in [-0.3, -0.25) is 24.3 Å². The van der Waals surface area contributed by atoms with Crippen molar-refractivity contribution in [3.63, 3.8) is 0 Å². The maximum absolute atomic E-state index is 14.2.